The molecule has 1 aromatic rings. The van der Waals surface area contributed by atoms with Gasteiger partial charge in [0.25, 0.3) is 0 Å². The fraction of sp³-hybridized carbons (Fsp3) is 0.647. The Balaban J connectivity index is 1.82. The molecule has 1 aromatic carbocycles. The van der Waals surface area contributed by atoms with E-state index in [0.29, 0.717) is 12.1 Å². The first-order valence-electron chi connectivity index (χ1n) is 7.87. The van der Waals surface area contributed by atoms with Gasteiger partial charge in [-0.1, -0.05) is 30.7 Å². The molecule has 1 saturated heterocycles. The lowest BCUT2D eigenvalue weighted by molar-refractivity contribution is 0.00860. The standard InChI is InChI=1S/C17H26ClNO/c1-2-19-16(9-10-17-8-3-4-11-20-17)13-14-6-5-7-15(18)12-14/h5-7,12,16-17,19H,2-4,8-11,13H2,1H3. The normalized spacial score (nSPS) is 20.8. The Morgan fingerprint density at radius 1 is 1.40 bits per heavy atom. The molecule has 2 rings (SSSR count). The average Bonchev–Trinajstić information content (AvgIpc) is 2.46. The molecule has 0 saturated carbocycles. The van der Waals surface area contributed by atoms with E-state index in [1.54, 1.807) is 0 Å². The van der Waals surface area contributed by atoms with E-state index in [4.69, 9.17) is 16.3 Å². The van der Waals surface area contributed by atoms with Crippen LogP contribution in [-0.4, -0.2) is 25.3 Å². The van der Waals surface area contributed by atoms with Crippen molar-refractivity contribution in [2.75, 3.05) is 13.2 Å². The van der Waals surface area contributed by atoms with Gasteiger partial charge in [0.1, 0.15) is 0 Å². The Morgan fingerprint density at radius 3 is 3.00 bits per heavy atom. The lowest BCUT2D eigenvalue weighted by Crippen LogP contribution is -2.32. The van der Waals surface area contributed by atoms with Crippen LogP contribution in [0.2, 0.25) is 5.02 Å². The van der Waals surface area contributed by atoms with Gasteiger partial charge in [0.2, 0.25) is 0 Å². The Morgan fingerprint density at radius 2 is 2.30 bits per heavy atom. The minimum Gasteiger partial charge on any atom is -0.378 e. The molecule has 112 valence electrons. The number of likely N-dealkylation sites (N-methyl/N-ethyl adjacent to an activating group) is 1. The topological polar surface area (TPSA) is 21.3 Å². The van der Waals surface area contributed by atoms with Crippen molar-refractivity contribution in [1.82, 2.24) is 5.32 Å². The predicted octanol–water partition coefficient (Wildman–Crippen LogP) is 4.21. The molecule has 2 atom stereocenters. The lowest BCUT2D eigenvalue weighted by Gasteiger charge is -2.25. The summed E-state index contributed by atoms with van der Waals surface area (Å²) in [6.45, 7) is 4.13. The number of hydrogen-bond donors (Lipinski definition) is 1. The molecule has 3 heteroatoms. The molecule has 0 amide bonds. The third-order valence-corrected chi connectivity index (χ3v) is 4.21. The van der Waals surface area contributed by atoms with E-state index in [1.165, 1.54) is 31.2 Å². The Bertz CT molecular complexity index is 390. The van der Waals surface area contributed by atoms with Gasteiger partial charge in [-0.2, -0.15) is 0 Å². The summed E-state index contributed by atoms with van der Waals surface area (Å²) in [5.74, 6) is 0. The number of nitrogens with one attached hydrogen (secondary N) is 1. The van der Waals surface area contributed by atoms with Crippen molar-refractivity contribution in [2.24, 2.45) is 0 Å². The lowest BCUT2D eigenvalue weighted by atomic mass is 9.97. The maximum Gasteiger partial charge on any atom is 0.0575 e. The highest BCUT2D eigenvalue weighted by atomic mass is 35.5. The van der Waals surface area contributed by atoms with Gasteiger partial charge in [0.05, 0.1) is 6.10 Å². The van der Waals surface area contributed by atoms with Gasteiger partial charge < -0.3 is 10.1 Å². The van der Waals surface area contributed by atoms with Crippen molar-refractivity contribution >= 4 is 11.6 Å². The molecule has 20 heavy (non-hydrogen) atoms. The van der Waals surface area contributed by atoms with Crippen molar-refractivity contribution in [3.05, 3.63) is 34.9 Å². The van der Waals surface area contributed by atoms with Gasteiger partial charge in [-0.15, -0.1) is 0 Å². The van der Waals surface area contributed by atoms with Crippen molar-refractivity contribution in [3.63, 3.8) is 0 Å². The summed E-state index contributed by atoms with van der Waals surface area (Å²) in [4.78, 5) is 0. The third-order valence-electron chi connectivity index (χ3n) is 3.98. The predicted molar refractivity (Wildman–Crippen MR) is 85.4 cm³/mol. The second-order valence-corrected chi connectivity index (χ2v) is 6.09. The molecular formula is C17H26ClNO. The SMILES string of the molecule is CCNC(CCC1CCCCO1)Cc1cccc(Cl)c1. The second kappa shape index (κ2) is 8.66. The first kappa shape index (κ1) is 15.8. The maximum atomic E-state index is 6.06. The maximum absolute atomic E-state index is 6.06. The Kier molecular flexibility index (Phi) is 6.85. The summed E-state index contributed by atoms with van der Waals surface area (Å²) >= 11 is 6.06. The molecule has 1 aliphatic rings. The summed E-state index contributed by atoms with van der Waals surface area (Å²) in [6, 6.07) is 8.72. The first-order valence-corrected chi connectivity index (χ1v) is 8.25. The summed E-state index contributed by atoms with van der Waals surface area (Å²) in [7, 11) is 0. The number of ether oxygens (including phenoxy) is 1. The van der Waals surface area contributed by atoms with E-state index < -0.39 is 0 Å². The molecule has 0 aromatic heterocycles. The largest absolute Gasteiger partial charge is 0.378 e. The van der Waals surface area contributed by atoms with Crippen molar-refractivity contribution < 1.29 is 4.74 Å². The highest BCUT2D eigenvalue weighted by Crippen LogP contribution is 2.19. The molecule has 2 nitrogen and oxygen atoms in total. The molecule has 0 radical (unpaired) electrons. The highest BCUT2D eigenvalue weighted by Gasteiger charge is 2.16. The molecule has 0 aliphatic carbocycles. The van der Waals surface area contributed by atoms with Crippen LogP contribution in [0.25, 0.3) is 0 Å². The number of halogens is 1. The highest BCUT2D eigenvalue weighted by molar-refractivity contribution is 6.30. The number of hydrogen-bond acceptors (Lipinski definition) is 2. The van der Waals surface area contributed by atoms with Crippen LogP contribution < -0.4 is 5.32 Å². The van der Waals surface area contributed by atoms with Gasteiger partial charge >= 0.3 is 0 Å². The van der Waals surface area contributed by atoms with Gasteiger partial charge in [0.15, 0.2) is 0 Å². The van der Waals surface area contributed by atoms with Gasteiger partial charge in [-0.25, -0.2) is 0 Å². The van der Waals surface area contributed by atoms with Crippen LogP contribution >= 0.6 is 11.6 Å². The van der Waals surface area contributed by atoms with E-state index in [0.717, 1.165) is 31.0 Å². The number of rotatable bonds is 7. The second-order valence-electron chi connectivity index (χ2n) is 5.65. The molecule has 1 N–H and O–H groups in total. The van der Waals surface area contributed by atoms with E-state index in [9.17, 15) is 0 Å². The number of benzene rings is 1. The molecule has 1 aliphatic heterocycles. The zero-order valence-electron chi connectivity index (χ0n) is 12.4. The molecule has 1 heterocycles. The third kappa shape index (κ3) is 5.43. The minimum atomic E-state index is 0.476. The summed E-state index contributed by atoms with van der Waals surface area (Å²) in [6.07, 6.45) is 7.64. The average molecular weight is 296 g/mol. The molecule has 2 unspecified atom stereocenters. The van der Waals surface area contributed by atoms with Crippen LogP contribution in [0.3, 0.4) is 0 Å². The zero-order valence-corrected chi connectivity index (χ0v) is 13.2. The van der Waals surface area contributed by atoms with E-state index in [-0.39, 0.29) is 0 Å². The van der Waals surface area contributed by atoms with Crippen LogP contribution in [0.1, 0.15) is 44.6 Å². The summed E-state index contributed by atoms with van der Waals surface area (Å²) in [5, 5.41) is 4.42. The van der Waals surface area contributed by atoms with E-state index >= 15 is 0 Å². The van der Waals surface area contributed by atoms with Crippen LogP contribution in [0, 0.1) is 0 Å². The Labute approximate surface area is 127 Å². The fourth-order valence-electron chi connectivity index (χ4n) is 2.94. The molecule has 1 fully saturated rings. The minimum absolute atomic E-state index is 0.476. The van der Waals surface area contributed by atoms with Crippen LogP contribution in [0.5, 0.6) is 0 Å². The molecular weight excluding hydrogens is 270 g/mol. The first-order chi connectivity index (χ1) is 9.78. The molecule has 0 spiro atoms. The zero-order chi connectivity index (χ0) is 14.2. The van der Waals surface area contributed by atoms with Crippen molar-refractivity contribution in [2.45, 2.75) is 57.6 Å². The van der Waals surface area contributed by atoms with Crippen molar-refractivity contribution in [3.8, 4) is 0 Å². The van der Waals surface area contributed by atoms with Crippen LogP contribution in [0.15, 0.2) is 24.3 Å². The van der Waals surface area contributed by atoms with Crippen LogP contribution in [0.4, 0.5) is 0 Å². The van der Waals surface area contributed by atoms with Gasteiger partial charge in [-0.3, -0.25) is 0 Å². The monoisotopic (exact) mass is 295 g/mol. The van der Waals surface area contributed by atoms with E-state index in [2.05, 4.69) is 24.4 Å². The summed E-state index contributed by atoms with van der Waals surface area (Å²) in [5.41, 5.74) is 1.31. The summed E-state index contributed by atoms with van der Waals surface area (Å²) < 4.78 is 5.83. The van der Waals surface area contributed by atoms with Crippen molar-refractivity contribution in [1.29, 1.82) is 0 Å². The van der Waals surface area contributed by atoms with E-state index in [1.807, 2.05) is 12.1 Å². The van der Waals surface area contributed by atoms with Gasteiger partial charge in [-0.05, 0) is 62.8 Å². The quantitative estimate of drug-likeness (QED) is 0.813. The van der Waals surface area contributed by atoms with Gasteiger partial charge in [0, 0.05) is 17.7 Å². The fourth-order valence-corrected chi connectivity index (χ4v) is 3.15. The Hall–Kier alpha value is -0.570. The molecule has 0 bridgehead atoms. The van der Waals surface area contributed by atoms with Crippen LogP contribution in [-0.2, 0) is 11.2 Å². The smallest absolute Gasteiger partial charge is 0.0575 e.